The second-order valence-corrected chi connectivity index (χ2v) is 3.66. The second-order valence-electron chi connectivity index (χ2n) is 3.66. The van der Waals surface area contributed by atoms with E-state index in [0.29, 0.717) is 17.1 Å². The van der Waals surface area contributed by atoms with Crippen LogP contribution in [0.3, 0.4) is 0 Å². The number of hydrogen-bond acceptors (Lipinski definition) is 3. The van der Waals surface area contributed by atoms with Crippen molar-refractivity contribution in [3.63, 3.8) is 0 Å². The van der Waals surface area contributed by atoms with Crippen molar-refractivity contribution < 1.29 is 27.1 Å². The molecule has 0 aliphatic rings. The fraction of sp³-hybridized carbons (Fsp3) is 0.250. The number of benzene rings is 1. The Morgan fingerprint density at radius 2 is 2.00 bits per heavy atom. The molecule has 1 aromatic carbocycles. The van der Waals surface area contributed by atoms with Gasteiger partial charge in [0.25, 0.3) is 0 Å². The summed E-state index contributed by atoms with van der Waals surface area (Å²) in [4.78, 5) is 0. The molecule has 0 saturated heterocycles. The average Bonchev–Trinajstić information content (AvgIpc) is 2.68. The van der Waals surface area contributed by atoms with Crippen LogP contribution >= 0.6 is 0 Å². The summed E-state index contributed by atoms with van der Waals surface area (Å²) in [5.74, 6) is 0.876. The van der Waals surface area contributed by atoms with Crippen LogP contribution in [0.15, 0.2) is 28.7 Å². The van der Waals surface area contributed by atoms with Gasteiger partial charge in [-0.1, -0.05) is 0 Å². The van der Waals surface area contributed by atoms with Crippen molar-refractivity contribution in [1.82, 2.24) is 0 Å². The summed E-state index contributed by atoms with van der Waals surface area (Å²) < 4.78 is 50.3. The Labute approximate surface area is 101 Å². The highest BCUT2D eigenvalue weighted by Crippen LogP contribution is 2.25. The Balaban J connectivity index is 2.06. The lowest BCUT2D eigenvalue weighted by atomic mass is 10.2. The van der Waals surface area contributed by atoms with E-state index in [1.165, 1.54) is 0 Å². The van der Waals surface area contributed by atoms with Crippen LogP contribution in [-0.4, -0.2) is 12.8 Å². The first-order valence-corrected chi connectivity index (χ1v) is 5.07. The number of fused-ring (bicyclic) bond motifs is 1. The predicted octanol–water partition coefficient (Wildman–Crippen LogP) is 3.68. The number of ether oxygens (including phenoxy) is 2. The van der Waals surface area contributed by atoms with E-state index in [2.05, 4.69) is 11.8 Å². The van der Waals surface area contributed by atoms with E-state index in [9.17, 15) is 13.2 Å². The highest BCUT2D eigenvalue weighted by atomic mass is 19.4. The van der Waals surface area contributed by atoms with Gasteiger partial charge < -0.3 is 13.9 Å². The van der Waals surface area contributed by atoms with Gasteiger partial charge in [0.15, 0.2) is 0 Å². The molecule has 97 valence electrons. The van der Waals surface area contributed by atoms with Crippen LogP contribution in [0, 0.1) is 7.11 Å². The standard InChI is InChI=1S/C12H10F3O3/c1-16-9-2-3-11-8(4-9)5-10(18-11)6-17-7-12(13,14)15/h2-5H,1,6-7H2. The molecule has 0 amide bonds. The molecule has 0 N–H and O–H groups in total. The van der Waals surface area contributed by atoms with Crippen molar-refractivity contribution in [2.24, 2.45) is 0 Å². The van der Waals surface area contributed by atoms with Crippen molar-refractivity contribution in [2.75, 3.05) is 6.61 Å². The quantitative estimate of drug-likeness (QED) is 0.839. The molecule has 0 aliphatic carbocycles. The van der Waals surface area contributed by atoms with E-state index in [-0.39, 0.29) is 6.61 Å². The monoisotopic (exact) mass is 259 g/mol. The number of halogens is 3. The smallest absolute Gasteiger partial charge is 0.411 e. The van der Waals surface area contributed by atoms with Gasteiger partial charge in [-0.2, -0.15) is 13.2 Å². The van der Waals surface area contributed by atoms with Gasteiger partial charge >= 0.3 is 6.18 Å². The molecule has 0 spiro atoms. The minimum atomic E-state index is -4.33. The van der Waals surface area contributed by atoms with E-state index in [4.69, 9.17) is 9.15 Å². The van der Waals surface area contributed by atoms with Crippen LogP contribution in [0.25, 0.3) is 11.0 Å². The number of alkyl halides is 3. The summed E-state index contributed by atoms with van der Waals surface area (Å²) in [5, 5.41) is 0.724. The lowest BCUT2D eigenvalue weighted by molar-refractivity contribution is -0.177. The third kappa shape index (κ3) is 3.16. The van der Waals surface area contributed by atoms with Gasteiger partial charge in [-0.25, -0.2) is 0 Å². The van der Waals surface area contributed by atoms with Crippen molar-refractivity contribution in [2.45, 2.75) is 12.8 Å². The Bertz CT molecular complexity index is 531. The van der Waals surface area contributed by atoms with Crippen molar-refractivity contribution in [3.8, 4) is 5.75 Å². The molecule has 0 fully saturated rings. The fourth-order valence-corrected chi connectivity index (χ4v) is 1.50. The highest BCUT2D eigenvalue weighted by Gasteiger charge is 2.27. The molecule has 1 heterocycles. The first kappa shape index (κ1) is 12.8. The molecule has 2 aromatic rings. The van der Waals surface area contributed by atoms with Crippen LogP contribution in [0.4, 0.5) is 13.2 Å². The van der Waals surface area contributed by atoms with Gasteiger partial charge in [0.2, 0.25) is 0 Å². The van der Waals surface area contributed by atoms with Crippen LogP contribution < -0.4 is 4.74 Å². The minimum Gasteiger partial charge on any atom is -0.490 e. The van der Waals surface area contributed by atoms with Crippen molar-refractivity contribution in [3.05, 3.63) is 37.1 Å². The maximum atomic E-state index is 11.9. The molecule has 0 unspecified atom stereocenters. The first-order valence-electron chi connectivity index (χ1n) is 5.07. The number of furan rings is 1. The third-order valence-electron chi connectivity index (χ3n) is 2.22. The molecule has 0 atom stereocenters. The van der Waals surface area contributed by atoms with Crippen LogP contribution in [0.1, 0.15) is 5.76 Å². The second kappa shape index (κ2) is 4.89. The molecule has 2 rings (SSSR count). The molecule has 1 radical (unpaired) electrons. The molecule has 3 nitrogen and oxygen atoms in total. The molecule has 0 aliphatic heterocycles. The molecule has 0 saturated carbocycles. The topological polar surface area (TPSA) is 31.6 Å². The van der Waals surface area contributed by atoms with Gasteiger partial charge in [0.1, 0.15) is 37.4 Å². The number of rotatable bonds is 4. The Morgan fingerprint density at radius 3 is 2.67 bits per heavy atom. The van der Waals surface area contributed by atoms with E-state index < -0.39 is 12.8 Å². The lowest BCUT2D eigenvalue weighted by Gasteiger charge is -2.05. The average molecular weight is 259 g/mol. The number of hydrogen-bond donors (Lipinski definition) is 0. The summed E-state index contributed by atoms with van der Waals surface area (Å²) in [6.07, 6.45) is -4.33. The summed E-state index contributed by atoms with van der Waals surface area (Å²) >= 11 is 0. The highest BCUT2D eigenvalue weighted by molar-refractivity contribution is 5.79. The summed E-state index contributed by atoms with van der Waals surface area (Å²) in [6.45, 7) is -1.52. The Kier molecular flexibility index (Phi) is 3.47. The molecule has 6 heteroatoms. The van der Waals surface area contributed by atoms with E-state index >= 15 is 0 Å². The largest absolute Gasteiger partial charge is 0.490 e. The summed E-state index contributed by atoms with van der Waals surface area (Å²) in [5.41, 5.74) is 0.557. The normalized spacial score (nSPS) is 12.0. The summed E-state index contributed by atoms with van der Waals surface area (Å²) in [6, 6.07) is 6.59. The van der Waals surface area contributed by atoms with Gasteiger partial charge in [-0.3, -0.25) is 0 Å². The zero-order chi connectivity index (χ0) is 13.2. The minimum absolute atomic E-state index is 0.227. The SMILES string of the molecule is [CH2]Oc1ccc2oc(COCC(F)(F)F)cc2c1. The van der Waals surface area contributed by atoms with Crippen LogP contribution in [-0.2, 0) is 11.3 Å². The molecule has 0 bridgehead atoms. The van der Waals surface area contributed by atoms with Crippen molar-refractivity contribution >= 4 is 11.0 Å². The predicted molar refractivity (Wildman–Crippen MR) is 57.9 cm³/mol. The summed E-state index contributed by atoms with van der Waals surface area (Å²) in [7, 11) is 3.27. The molecule has 1 aromatic heterocycles. The molecule has 18 heavy (non-hydrogen) atoms. The van der Waals surface area contributed by atoms with Crippen molar-refractivity contribution in [1.29, 1.82) is 0 Å². The van der Waals surface area contributed by atoms with Gasteiger partial charge in [-0.15, -0.1) is 0 Å². The maximum absolute atomic E-state index is 11.9. The van der Waals surface area contributed by atoms with Crippen LogP contribution in [0.5, 0.6) is 5.75 Å². The Hall–Kier alpha value is -1.69. The maximum Gasteiger partial charge on any atom is 0.411 e. The van der Waals surface area contributed by atoms with Crippen LogP contribution in [0.2, 0.25) is 0 Å². The lowest BCUT2D eigenvalue weighted by Crippen LogP contribution is -2.16. The molecular weight excluding hydrogens is 249 g/mol. The van der Waals surface area contributed by atoms with Gasteiger partial charge in [-0.05, 0) is 24.3 Å². The molecular formula is C12H10F3O3. The van der Waals surface area contributed by atoms with Gasteiger partial charge in [0, 0.05) is 5.39 Å². The zero-order valence-electron chi connectivity index (χ0n) is 9.29. The Morgan fingerprint density at radius 1 is 1.22 bits per heavy atom. The fourth-order valence-electron chi connectivity index (χ4n) is 1.50. The van der Waals surface area contributed by atoms with Gasteiger partial charge in [0.05, 0.1) is 0 Å². The first-order chi connectivity index (χ1) is 8.48. The van der Waals surface area contributed by atoms with E-state index in [1.54, 1.807) is 24.3 Å². The van der Waals surface area contributed by atoms with E-state index in [1.807, 2.05) is 0 Å². The third-order valence-corrected chi connectivity index (χ3v) is 2.22. The zero-order valence-corrected chi connectivity index (χ0v) is 9.29. The van der Waals surface area contributed by atoms with E-state index in [0.717, 1.165) is 5.39 Å².